The molecule has 30 heavy (non-hydrogen) atoms. The smallest absolute Gasteiger partial charge is 0.255 e. The van der Waals surface area contributed by atoms with Gasteiger partial charge in [0.2, 0.25) is 0 Å². The number of aryl methyl sites for hydroxylation is 1. The molecule has 6 heteroatoms. The number of hydrogen-bond acceptors (Lipinski definition) is 5. The van der Waals surface area contributed by atoms with Crippen molar-refractivity contribution in [1.29, 1.82) is 0 Å². The summed E-state index contributed by atoms with van der Waals surface area (Å²) in [6.45, 7) is 4.67. The number of carbonyl (C=O) groups excluding carboxylic acids is 1. The fraction of sp³-hybridized carbons (Fsp3) is 0.375. The van der Waals surface area contributed by atoms with Crippen LogP contribution < -0.4 is 10.1 Å². The van der Waals surface area contributed by atoms with Crippen LogP contribution in [0, 0.1) is 6.92 Å². The fourth-order valence-electron chi connectivity index (χ4n) is 3.94. The number of amides is 1. The monoisotopic (exact) mass is 409 g/mol. The van der Waals surface area contributed by atoms with E-state index in [4.69, 9.17) is 13.9 Å². The van der Waals surface area contributed by atoms with Crippen molar-refractivity contribution in [2.75, 3.05) is 19.8 Å². The quantitative estimate of drug-likeness (QED) is 0.639. The zero-order valence-electron chi connectivity index (χ0n) is 17.3. The Morgan fingerprint density at radius 3 is 2.63 bits per heavy atom. The van der Waals surface area contributed by atoms with E-state index in [1.165, 1.54) is 0 Å². The van der Waals surface area contributed by atoms with Crippen LogP contribution >= 0.6 is 0 Å². The number of benzene rings is 2. The Balaban J connectivity index is 1.61. The molecule has 3 aromatic rings. The molecule has 1 aliphatic heterocycles. The lowest BCUT2D eigenvalue weighted by molar-refractivity contribution is 0.0125. The molecule has 0 saturated carbocycles. The third-order valence-electron chi connectivity index (χ3n) is 5.78. The molecular formula is C24H27NO5. The van der Waals surface area contributed by atoms with Crippen LogP contribution in [0.4, 0.5) is 0 Å². The summed E-state index contributed by atoms with van der Waals surface area (Å²) in [4.78, 5) is 13.2. The highest BCUT2D eigenvalue weighted by atomic mass is 16.5. The molecule has 2 N–H and O–H groups in total. The first kappa shape index (κ1) is 20.4. The molecule has 6 nitrogen and oxygen atoms in total. The summed E-state index contributed by atoms with van der Waals surface area (Å²) in [5.74, 6) is 0.947. The molecular weight excluding hydrogens is 382 g/mol. The summed E-state index contributed by atoms with van der Waals surface area (Å²) in [6, 6.07) is 15.5. The second-order valence-electron chi connectivity index (χ2n) is 7.87. The Hall–Kier alpha value is -2.83. The SMILES string of the molecule is Cc1oc2ccc(OC(C)c3ccccc3)cc2c1C(=O)NC1(CO)CCOCC1. The average Bonchev–Trinajstić information content (AvgIpc) is 3.10. The van der Waals surface area contributed by atoms with E-state index in [-0.39, 0.29) is 18.6 Å². The summed E-state index contributed by atoms with van der Waals surface area (Å²) >= 11 is 0. The van der Waals surface area contributed by atoms with Gasteiger partial charge >= 0.3 is 0 Å². The first-order valence-corrected chi connectivity index (χ1v) is 10.3. The van der Waals surface area contributed by atoms with Crippen molar-refractivity contribution in [3.63, 3.8) is 0 Å². The van der Waals surface area contributed by atoms with Gasteiger partial charge in [-0.3, -0.25) is 4.79 Å². The lowest BCUT2D eigenvalue weighted by Gasteiger charge is -2.36. The highest BCUT2D eigenvalue weighted by molar-refractivity contribution is 6.07. The summed E-state index contributed by atoms with van der Waals surface area (Å²) in [7, 11) is 0. The Kier molecular flexibility index (Phi) is 5.79. The standard InChI is InChI=1S/C24H27NO5/c1-16(18-6-4-3-5-7-18)29-19-8-9-21-20(14-19)22(17(2)30-21)23(27)25-24(15-26)10-12-28-13-11-24/h3-9,14,16,26H,10-13,15H2,1-2H3,(H,25,27). The third kappa shape index (κ3) is 4.06. The molecule has 158 valence electrons. The maximum atomic E-state index is 13.2. The molecule has 0 bridgehead atoms. The highest BCUT2D eigenvalue weighted by Crippen LogP contribution is 2.32. The second kappa shape index (κ2) is 8.50. The minimum atomic E-state index is -0.665. The second-order valence-corrected chi connectivity index (χ2v) is 7.87. The van der Waals surface area contributed by atoms with Gasteiger partial charge in [0, 0.05) is 18.6 Å². The van der Waals surface area contributed by atoms with Gasteiger partial charge in [-0.25, -0.2) is 0 Å². The zero-order valence-corrected chi connectivity index (χ0v) is 17.3. The predicted molar refractivity (Wildman–Crippen MR) is 114 cm³/mol. The Morgan fingerprint density at radius 2 is 1.93 bits per heavy atom. The van der Waals surface area contributed by atoms with Crippen LogP contribution in [-0.2, 0) is 4.74 Å². The van der Waals surface area contributed by atoms with Crippen molar-refractivity contribution in [1.82, 2.24) is 5.32 Å². The number of nitrogens with one attached hydrogen (secondary N) is 1. The van der Waals surface area contributed by atoms with Crippen molar-refractivity contribution in [2.24, 2.45) is 0 Å². The molecule has 1 aliphatic rings. The van der Waals surface area contributed by atoms with Crippen LogP contribution in [0.5, 0.6) is 5.75 Å². The van der Waals surface area contributed by atoms with Crippen molar-refractivity contribution >= 4 is 16.9 Å². The predicted octanol–water partition coefficient (Wildman–Crippen LogP) is 4.15. The van der Waals surface area contributed by atoms with Crippen LogP contribution in [0.15, 0.2) is 52.9 Å². The first-order valence-electron chi connectivity index (χ1n) is 10.3. The van der Waals surface area contributed by atoms with E-state index >= 15 is 0 Å². The molecule has 0 spiro atoms. The molecule has 1 fully saturated rings. The van der Waals surface area contributed by atoms with Crippen LogP contribution in [0.3, 0.4) is 0 Å². The number of hydrogen-bond donors (Lipinski definition) is 2. The number of carbonyl (C=O) groups is 1. The molecule has 1 aromatic heterocycles. The minimum absolute atomic E-state index is 0.125. The Bertz CT molecular complexity index is 1020. The minimum Gasteiger partial charge on any atom is -0.486 e. The number of fused-ring (bicyclic) bond motifs is 1. The first-order chi connectivity index (χ1) is 14.5. The van der Waals surface area contributed by atoms with E-state index in [1.54, 1.807) is 6.92 Å². The summed E-state index contributed by atoms with van der Waals surface area (Å²) < 4.78 is 17.3. The van der Waals surface area contributed by atoms with Crippen molar-refractivity contribution in [3.05, 3.63) is 65.4 Å². The van der Waals surface area contributed by atoms with Crippen LogP contribution in [-0.4, -0.2) is 36.4 Å². The lowest BCUT2D eigenvalue weighted by Crippen LogP contribution is -2.54. The zero-order chi connectivity index (χ0) is 21.1. The number of aliphatic hydroxyl groups excluding tert-OH is 1. The molecule has 0 radical (unpaired) electrons. The van der Waals surface area contributed by atoms with Crippen molar-refractivity contribution < 1.29 is 23.8 Å². The molecule has 1 atom stereocenters. The van der Waals surface area contributed by atoms with E-state index in [9.17, 15) is 9.90 Å². The summed E-state index contributed by atoms with van der Waals surface area (Å²) in [5.41, 5.74) is 1.51. The topological polar surface area (TPSA) is 80.9 Å². The van der Waals surface area contributed by atoms with E-state index in [1.807, 2.05) is 55.5 Å². The highest BCUT2D eigenvalue weighted by Gasteiger charge is 2.35. The number of rotatable bonds is 6. The average molecular weight is 409 g/mol. The van der Waals surface area contributed by atoms with Gasteiger partial charge in [0.05, 0.1) is 17.7 Å². The normalized spacial score (nSPS) is 16.9. The molecule has 1 amide bonds. The van der Waals surface area contributed by atoms with Crippen molar-refractivity contribution in [3.8, 4) is 5.75 Å². The molecule has 2 heterocycles. The van der Waals surface area contributed by atoms with E-state index < -0.39 is 5.54 Å². The van der Waals surface area contributed by atoms with E-state index in [0.717, 1.165) is 5.56 Å². The van der Waals surface area contributed by atoms with E-state index in [2.05, 4.69) is 5.32 Å². The largest absolute Gasteiger partial charge is 0.486 e. The Morgan fingerprint density at radius 1 is 1.20 bits per heavy atom. The van der Waals surface area contributed by atoms with Gasteiger partial charge in [0.15, 0.2) is 0 Å². The molecule has 1 unspecified atom stereocenters. The van der Waals surface area contributed by atoms with Crippen LogP contribution in [0.1, 0.15) is 47.6 Å². The van der Waals surface area contributed by atoms with Gasteiger partial charge in [-0.15, -0.1) is 0 Å². The maximum absolute atomic E-state index is 13.2. The van der Waals surface area contributed by atoms with Gasteiger partial charge in [0.25, 0.3) is 5.91 Å². The molecule has 4 rings (SSSR count). The summed E-state index contributed by atoms with van der Waals surface area (Å²) in [5, 5.41) is 13.6. The van der Waals surface area contributed by atoms with Crippen LogP contribution in [0.25, 0.3) is 11.0 Å². The Labute approximate surface area is 175 Å². The number of ether oxygens (including phenoxy) is 2. The van der Waals surface area contributed by atoms with Gasteiger partial charge in [-0.05, 0) is 50.5 Å². The van der Waals surface area contributed by atoms with Gasteiger partial charge in [0.1, 0.15) is 23.2 Å². The van der Waals surface area contributed by atoms with Gasteiger partial charge in [-0.1, -0.05) is 30.3 Å². The molecule has 1 saturated heterocycles. The van der Waals surface area contributed by atoms with Crippen LogP contribution in [0.2, 0.25) is 0 Å². The number of aliphatic hydroxyl groups is 1. The summed E-state index contributed by atoms with van der Waals surface area (Å²) in [6.07, 6.45) is 1.02. The number of furan rings is 1. The molecule has 0 aliphatic carbocycles. The lowest BCUT2D eigenvalue weighted by atomic mass is 9.90. The maximum Gasteiger partial charge on any atom is 0.255 e. The fourth-order valence-corrected chi connectivity index (χ4v) is 3.94. The third-order valence-corrected chi connectivity index (χ3v) is 5.78. The van der Waals surface area contributed by atoms with Gasteiger partial charge in [-0.2, -0.15) is 0 Å². The van der Waals surface area contributed by atoms with E-state index in [0.29, 0.717) is 54.1 Å². The van der Waals surface area contributed by atoms with Gasteiger partial charge < -0.3 is 24.3 Å². The van der Waals surface area contributed by atoms with Crippen molar-refractivity contribution in [2.45, 2.75) is 38.3 Å². The molecule has 2 aromatic carbocycles.